The molecule has 33 heavy (non-hydrogen) atoms. The van der Waals surface area contributed by atoms with Crippen molar-refractivity contribution in [2.45, 2.75) is 44.4 Å². The van der Waals surface area contributed by atoms with Crippen LogP contribution in [0.3, 0.4) is 0 Å². The van der Waals surface area contributed by atoms with E-state index in [0.717, 1.165) is 27.2 Å². The first-order valence-electron chi connectivity index (χ1n) is 10.7. The van der Waals surface area contributed by atoms with Crippen molar-refractivity contribution in [3.05, 3.63) is 59.7 Å². The number of amides is 2. The summed E-state index contributed by atoms with van der Waals surface area (Å²) in [5.41, 5.74) is 2.91. The number of hydrogen-bond donors (Lipinski definition) is 2. The molecule has 1 aliphatic rings. The number of methoxy groups -OCH3 is 1. The van der Waals surface area contributed by atoms with Gasteiger partial charge in [0.05, 0.1) is 6.10 Å². The molecule has 3 rings (SSSR count). The van der Waals surface area contributed by atoms with Gasteiger partial charge in [-0.25, -0.2) is 9.59 Å². The maximum absolute atomic E-state index is 13.0. The van der Waals surface area contributed by atoms with E-state index in [0.29, 0.717) is 0 Å². The number of rotatable bonds is 8. The SMILES string of the molecule is COC(C)C(NC(=O)OCC1c2ccccc2-c2ccccc21)C(=O)N(C)C(C)(C)C(=O)O. The van der Waals surface area contributed by atoms with Crippen molar-refractivity contribution in [3.8, 4) is 11.1 Å². The van der Waals surface area contributed by atoms with Gasteiger partial charge in [-0.15, -0.1) is 0 Å². The second-order valence-electron chi connectivity index (χ2n) is 8.65. The van der Waals surface area contributed by atoms with Gasteiger partial charge in [0.1, 0.15) is 18.2 Å². The van der Waals surface area contributed by atoms with Crippen LogP contribution in [0.4, 0.5) is 4.79 Å². The van der Waals surface area contributed by atoms with Crippen LogP contribution < -0.4 is 5.32 Å². The number of carboxylic acids is 1. The lowest BCUT2D eigenvalue weighted by Crippen LogP contribution is -2.60. The molecule has 8 nitrogen and oxygen atoms in total. The highest BCUT2D eigenvalue weighted by molar-refractivity contribution is 5.91. The Bertz CT molecular complexity index is 1010. The van der Waals surface area contributed by atoms with Crippen LogP contribution in [0.25, 0.3) is 11.1 Å². The number of fused-ring (bicyclic) bond motifs is 3. The molecule has 2 unspecified atom stereocenters. The summed E-state index contributed by atoms with van der Waals surface area (Å²) in [4.78, 5) is 38.4. The number of nitrogens with one attached hydrogen (secondary N) is 1. The number of alkyl carbamates (subject to hydrolysis) is 1. The molecule has 0 aliphatic heterocycles. The molecule has 2 atom stereocenters. The third-order valence-corrected chi connectivity index (χ3v) is 6.42. The van der Waals surface area contributed by atoms with Gasteiger partial charge in [-0.2, -0.15) is 0 Å². The fraction of sp³-hybridized carbons (Fsp3) is 0.400. The van der Waals surface area contributed by atoms with E-state index in [1.807, 2.05) is 48.5 Å². The molecular weight excluding hydrogens is 424 g/mol. The third-order valence-electron chi connectivity index (χ3n) is 6.42. The number of hydrogen-bond acceptors (Lipinski definition) is 5. The highest BCUT2D eigenvalue weighted by atomic mass is 16.5. The standard InChI is InChI=1S/C25H30N2O6/c1-15(32-5)21(22(28)27(4)25(2,3)23(29)30)26-24(31)33-14-20-18-12-8-6-10-16(18)17-11-7-9-13-19(17)20/h6-13,15,20-21H,14H2,1-5H3,(H,26,31)(H,29,30). The van der Waals surface area contributed by atoms with Crippen LogP contribution in [0, 0.1) is 0 Å². The fourth-order valence-corrected chi connectivity index (χ4v) is 3.91. The normalized spacial score (nSPS) is 14.6. The van der Waals surface area contributed by atoms with Crippen LogP contribution in [0.1, 0.15) is 37.8 Å². The van der Waals surface area contributed by atoms with Gasteiger partial charge in [0.15, 0.2) is 0 Å². The Labute approximate surface area is 193 Å². The van der Waals surface area contributed by atoms with Crippen molar-refractivity contribution < 1.29 is 29.0 Å². The Hall–Kier alpha value is -3.39. The average Bonchev–Trinajstić information content (AvgIpc) is 3.13. The van der Waals surface area contributed by atoms with Crippen molar-refractivity contribution in [2.24, 2.45) is 0 Å². The summed E-state index contributed by atoms with van der Waals surface area (Å²) in [5, 5.41) is 12.0. The van der Waals surface area contributed by atoms with Gasteiger partial charge in [0.2, 0.25) is 5.91 Å². The van der Waals surface area contributed by atoms with E-state index in [9.17, 15) is 19.5 Å². The summed E-state index contributed by atoms with van der Waals surface area (Å²) in [6.45, 7) is 4.54. The van der Waals surface area contributed by atoms with Crippen molar-refractivity contribution in [3.63, 3.8) is 0 Å². The molecule has 0 saturated carbocycles. The van der Waals surface area contributed by atoms with E-state index in [2.05, 4.69) is 5.32 Å². The zero-order chi connectivity index (χ0) is 24.3. The molecule has 176 valence electrons. The lowest BCUT2D eigenvalue weighted by atomic mass is 9.98. The van der Waals surface area contributed by atoms with E-state index < -0.39 is 35.7 Å². The Morgan fingerprint density at radius 3 is 2.06 bits per heavy atom. The van der Waals surface area contributed by atoms with Crippen LogP contribution in [0.2, 0.25) is 0 Å². The van der Waals surface area contributed by atoms with E-state index in [4.69, 9.17) is 9.47 Å². The quantitative estimate of drug-likeness (QED) is 0.634. The number of likely N-dealkylation sites (N-methyl/N-ethyl adjacent to an activating group) is 1. The number of nitrogens with zero attached hydrogens (tertiary/aromatic N) is 1. The van der Waals surface area contributed by atoms with Crippen LogP contribution >= 0.6 is 0 Å². The maximum atomic E-state index is 13.0. The summed E-state index contributed by atoms with van der Waals surface area (Å²) in [6.07, 6.45) is -1.48. The fourth-order valence-electron chi connectivity index (χ4n) is 3.91. The third kappa shape index (κ3) is 4.71. The van der Waals surface area contributed by atoms with Crippen LogP contribution in [-0.4, -0.2) is 66.4 Å². The van der Waals surface area contributed by atoms with E-state index in [-0.39, 0.29) is 12.5 Å². The van der Waals surface area contributed by atoms with Crippen LogP contribution in [-0.2, 0) is 19.1 Å². The minimum atomic E-state index is -1.47. The highest BCUT2D eigenvalue weighted by Gasteiger charge is 2.40. The Morgan fingerprint density at radius 2 is 1.58 bits per heavy atom. The van der Waals surface area contributed by atoms with E-state index in [1.54, 1.807) is 6.92 Å². The monoisotopic (exact) mass is 454 g/mol. The van der Waals surface area contributed by atoms with E-state index in [1.165, 1.54) is 28.0 Å². The van der Waals surface area contributed by atoms with Gasteiger partial charge >= 0.3 is 12.1 Å². The highest BCUT2D eigenvalue weighted by Crippen LogP contribution is 2.44. The predicted molar refractivity (Wildman–Crippen MR) is 123 cm³/mol. The lowest BCUT2D eigenvalue weighted by Gasteiger charge is -2.35. The van der Waals surface area contributed by atoms with Crippen LogP contribution in [0.15, 0.2) is 48.5 Å². The molecule has 0 spiro atoms. The van der Waals surface area contributed by atoms with Crippen molar-refractivity contribution >= 4 is 18.0 Å². The second kappa shape index (κ2) is 9.62. The number of ether oxygens (including phenoxy) is 2. The minimum Gasteiger partial charge on any atom is -0.480 e. The molecule has 0 bridgehead atoms. The first-order valence-corrected chi connectivity index (χ1v) is 10.7. The molecule has 8 heteroatoms. The Morgan fingerprint density at radius 1 is 1.06 bits per heavy atom. The Kier molecular flexibility index (Phi) is 7.07. The molecule has 2 N–H and O–H groups in total. The number of carbonyl (C=O) groups excluding carboxylic acids is 2. The van der Waals surface area contributed by atoms with E-state index >= 15 is 0 Å². The summed E-state index contributed by atoms with van der Waals surface area (Å²) in [7, 11) is 2.79. The van der Waals surface area contributed by atoms with Gasteiger partial charge in [-0.05, 0) is 43.0 Å². The number of aliphatic carboxylic acids is 1. The van der Waals surface area contributed by atoms with Gasteiger partial charge in [-0.1, -0.05) is 48.5 Å². The predicted octanol–water partition coefficient (Wildman–Crippen LogP) is 3.25. The first-order chi connectivity index (χ1) is 15.6. The summed E-state index contributed by atoms with van der Waals surface area (Å²) >= 11 is 0. The number of carboxylic acid groups (broad SMARTS) is 1. The average molecular weight is 455 g/mol. The summed E-state index contributed by atoms with van der Waals surface area (Å²) in [5.74, 6) is -1.88. The molecule has 2 aromatic rings. The molecule has 1 aliphatic carbocycles. The smallest absolute Gasteiger partial charge is 0.407 e. The largest absolute Gasteiger partial charge is 0.480 e. The topological polar surface area (TPSA) is 105 Å². The minimum absolute atomic E-state index is 0.0958. The van der Waals surface area contributed by atoms with Crippen LogP contribution in [0.5, 0.6) is 0 Å². The molecule has 0 saturated heterocycles. The van der Waals surface area contributed by atoms with Crippen molar-refractivity contribution in [2.75, 3.05) is 20.8 Å². The number of benzene rings is 2. The zero-order valence-electron chi connectivity index (χ0n) is 19.5. The summed E-state index contributed by atoms with van der Waals surface area (Å²) < 4.78 is 10.8. The van der Waals surface area contributed by atoms with Gasteiger partial charge in [0, 0.05) is 20.1 Å². The van der Waals surface area contributed by atoms with Gasteiger partial charge in [0.25, 0.3) is 0 Å². The summed E-state index contributed by atoms with van der Waals surface area (Å²) in [6, 6.07) is 14.9. The van der Waals surface area contributed by atoms with Gasteiger partial charge in [-0.3, -0.25) is 4.79 Å². The van der Waals surface area contributed by atoms with Gasteiger partial charge < -0.3 is 24.8 Å². The molecule has 0 heterocycles. The molecule has 0 aromatic heterocycles. The number of carbonyl (C=O) groups is 3. The zero-order valence-corrected chi connectivity index (χ0v) is 19.5. The molecule has 2 amide bonds. The lowest BCUT2D eigenvalue weighted by molar-refractivity contribution is -0.157. The maximum Gasteiger partial charge on any atom is 0.407 e. The van der Waals surface area contributed by atoms with Crippen molar-refractivity contribution in [1.82, 2.24) is 10.2 Å². The molecule has 2 aromatic carbocycles. The second-order valence-corrected chi connectivity index (χ2v) is 8.65. The molecular formula is C25H30N2O6. The Balaban J connectivity index is 1.73. The molecule has 0 radical (unpaired) electrons. The molecule has 0 fully saturated rings. The van der Waals surface area contributed by atoms with Crippen molar-refractivity contribution in [1.29, 1.82) is 0 Å². The first kappa shape index (κ1) is 24.3.